The Bertz CT molecular complexity index is 562. The van der Waals surface area contributed by atoms with E-state index in [4.69, 9.17) is 11.6 Å². The molecule has 2 rings (SSSR count). The van der Waals surface area contributed by atoms with Crippen molar-refractivity contribution in [2.45, 2.75) is 19.4 Å². The van der Waals surface area contributed by atoms with Gasteiger partial charge in [-0.1, -0.05) is 23.7 Å². The highest BCUT2D eigenvalue weighted by Gasteiger charge is 2.11. The number of hydrogen-bond donors (Lipinski definition) is 1. The van der Waals surface area contributed by atoms with Crippen molar-refractivity contribution >= 4 is 17.5 Å². The first-order chi connectivity index (χ1) is 9.04. The smallest absolute Gasteiger partial charge is 0.224 e. The molecular formula is C14H16ClN3O. The molecule has 4 nitrogen and oxygen atoms in total. The minimum atomic E-state index is -0.0477. The summed E-state index contributed by atoms with van der Waals surface area (Å²) in [7, 11) is 1.85. The molecule has 1 aromatic carbocycles. The molecule has 1 heterocycles. The summed E-state index contributed by atoms with van der Waals surface area (Å²) in [5.74, 6) is -0.0151. The van der Waals surface area contributed by atoms with Crippen molar-refractivity contribution < 1.29 is 4.79 Å². The normalized spacial score (nSPS) is 12.2. The minimum absolute atomic E-state index is 0.0151. The fourth-order valence-electron chi connectivity index (χ4n) is 1.83. The van der Waals surface area contributed by atoms with E-state index in [-0.39, 0.29) is 11.9 Å². The van der Waals surface area contributed by atoms with Crippen LogP contribution in [0, 0.1) is 0 Å². The van der Waals surface area contributed by atoms with Gasteiger partial charge >= 0.3 is 0 Å². The van der Waals surface area contributed by atoms with E-state index >= 15 is 0 Å². The number of carbonyl (C=O) groups excluding carboxylic acids is 1. The Morgan fingerprint density at radius 2 is 2.11 bits per heavy atom. The van der Waals surface area contributed by atoms with Gasteiger partial charge in [-0.2, -0.15) is 5.10 Å². The van der Waals surface area contributed by atoms with Crippen LogP contribution < -0.4 is 5.32 Å². The molecule has 100 valence electrons. The third-order valence-electron chi connectivity index (χ3n) is 2.88. The van der Waals surface area contributed by atoms with Gasteiger partial charge in [0.05, 0.1) is 18.7 Å². The third-order valence-corrected chi connectivity index (χ3v) is 3.13. The molecule has 1 atom stereocenters. The lowest BCUT2D eigenvalue weighted by molar-refractivity contribution is -0.121. The van der Waals surface area contributed by atoms with E-state index in [2.05, 4.69) is 10.4 Å². The summed E-state index contributed by atoms with van der Waals surface area (Å²) in [6, 6.07) is 7.24. The molecule has 0 bridgehead atoms. The summed E-state index contributed by atoms with van der Waals surface area (Å²) < 4.78 is 1.72. The monoisotopic (exact) mass is 277 g/mol. The number of amides is 1. The van der Waals surface area contributed by atoms with Gasteiger partial charge in [0.15, 0.2) is 0 Å². The summed E-state index contributed by atoms with van der Waals surface area (Å²) >= 11 is 5.81. The average Bonchev–Trinajstić information content (AvgIpc) is 2.79. The van der Waals surface area contributed by atoms with Crippen LogP contribution in [0.5, 0.6) is 0 Å². The number of halogens is 1. The maximum atomic E-state index is 11.9. The van der Waals surface area contributed by atoms with Crippen molar-refractivity contribution in [2.24, 2.45) is 7.05 Å². The molecule has 0 aliphatic heterocycles. The molecule has 0 fully saturated rings. The lowest BCUT2D eigenvalue weighted by atomic mass is 10.1. The molecule has 0 aliphatic carbocycles. The number of nitrogens with one attached hydrogen (secondary N) is 1. The molecule has 1 unspecified atom stereocenters. The first-order valence-electron chi connectivity index (χ1n) is 6.07. The number of benzene rings is 1. The Kier molecular flexibility index (Phi) is 4.22. The van der Waals surface area contributed by atoms with E-state index in [9.17, 15) is 4.79 Å². The molecule has 0 aliphatic rings. The van der Waals surface area contributed by atoms with Gasteiger partial charge in [-0.25, -0.2) is 0 Å². The number of rotatable bonds is 4. The Morgan fingerprint density at radius 3 is 2.68 bits per heavy atom. The highest BCUT2D eigenvalue weighted by molar-refractivity contribution is 6.30. The lowest BCUT2D eigenvalue weighted by Crippen LogP contribution is -2.27. The Balaban J connectivity index is 1.92. The molecule has 0 saturated carbocycles. The van der Waals surface area contributed by atoms with Crippen molar-refractivity contribution in [1.82, 2.24) is 15.1 Å². The Morgan fingerprint density at radius 1 is 1.42 bits per heavy atom. The molecule has 5 heteroatoms. The number of hydrogen-bond acceptors (Lipinski definition) is 2. The van der Waals surface area contributed by atoms with E-state index in [0.29, 0.717) is 11.4 Å². The molecular weight excluding hydrogens is 262 g/mol. The van der Waals surface area contributed by atoms with Crippen molar-refractivity contribution in [3.8, 4) is 0 Å². The second-order valence-electron chi connectivity index (χ2n) is 4.54. The van der Waals surface area contributed by atoms with Crippen molar-refractivity contribution in [3.63, 3.8) is 0 Å². The van der Waals surface area contributed by atoms with Gasteiger partial charge in [0.2, 0.25) is 5.91 Å². The second-order valence-corrected chi connectivity index (χ2v) is 4.98. The van der Waals surface area contributed by atoms with Gasteiger partial charge < -0.3 is 5.32 Å². The maximum absolute atomic E-state index is 11.9. The van der Waals surface area contributed by atoms with Crippen LogP contribution in [-0.4, -0.2) is 15.7 Å². The van der Waals surface area contributed by atoms with Crippen LogP contribution in [0.4, 0.5) is 0 Å². The number of carbonyl (C=O) groups is 1. The van der Waals surface area contributed by atoms with Crippen LogP contribution in [0.15, 0.2) is 36.7 Å². The van der Waals surface area contributed by atoms with Crippen LogP contribution >= 0.6 is 11.6 Å². The summed E-state index contributed by atoms with van der Waals surface area (Å²) in [5.41, 5.74) is 1.94. The average molecular weight is 278 g/mol. The second kappa shape index (κ2) is 5.89. The molecule has 1 amide bonds. The van der Waals surface area contributed by atoms with Gasteiger partial charge in [0.25, 0.3) is 0 Å². The maximum Gasteiger partial charge on any atom is 0.224 e. The van der Waals surface area contributed by atoms with Crippen molar-refractivity contribution in [2.75, 3.05) is 0 Å². The third kappa shape index (κ3) is 3.83. The van der Waals surface area contributed by atoms with Crippen molar-refractivity contribution in [1.29, 1.82) is 0 Å². The molecule has 19 heavy (non-hydrogen) atoms. The largest absolute Gasteiger partial charge is 0.349 e. The predicted molar refractivity (Wildman–Crippen MR) is 74.9 cm³/mol. The van der Waals surface area contributed by atoms with Gasteiger partial charge in [0.1, 0.15) is 0 Å². The molecule has 1 aromatic heterocycles. The van der Waals surface area contributed by atoms with Gasteiger partial charge in [-0.15, -0.1) is 0 Å². The zero-order chi connectivity index (χ0) is 13.8. The van der Waals surface area contributed by atoms with E-state index in [1.165, 1.54) is 0 Å². The SMILES string of the molecule is CC(NC(=O)Cc1ccc(Cl)cc1)c1cnn(C)c1. The van der Waals surface area contributed by atoms with E-state index in [1.54, 1.807) is 23.0 Å². The standard InChI is InChI=1S/C14H16ClN3O/c1-10(12-8-16-18(2)9-12)17-14(19)7-11-3-5-13(15)6-4-11/h3-6,8-10H,7H2,1-2H3,(H,17,19). The van der Waals surface area contributed by atoms with Gasteiger partial charge in [-0.3, -0.25) is 9.48 Å². The van der Waals surface area contributed by atoms with Crippen LogP contribution in [0.3, 0.4) is 0 Å². The first-order valence-corrected chi connectivity index (χ1v) is 6.45. The Labute approximate surface area is 117 Å². The number of aromatic nitrogens is 2. The zero-order valence-corrected chi connectivity index (χ0v) is 11.7. The molecule has 1 N–H and O–H groups in total. The van der Waals surface area contributed by atoms with Crippen LogP contribution in [0.1, 0.15) is 24.1 Å². The van der Waals surface area contributed by atoms with E-state index in [1.807, 2.05) is 32.3 Å². The Hall–Kier alpha value is -1.81. The van der Waals surface area contributed by atoms with Crippen LogP contribution in [-0.2, 0) is 18.3 Å². The summed E-state index contributed by atoms with van der Waals surface area (Å²) in [6.45, 7) is 1.94. The highest BCUT2D eigenvalue weighted by atomic mass is 35.5. The van der Waals surface area contributed by atoms with Crippen LogP contribution in [0.25, 0.3) is 0 Å². The summed E-state index contributed by atoms with van der Waals surface area (Å²) in [6.07, 6.45) is 4.00. The van der Waals surface area contributed by atoms with E-state index in [0.717, 1.165) is 11.1 Å². The molecule has 0 saturated heterocycles. The first kappa shape index (κ1) is 13.6. The molecule has 2 aromatic rings. The van der Waals surface area contributed by atoms with Crippen molar-refractivity contribution in [3.05, 3.63) is 52.8 Å². The number of nitrogens with zero attached hydrogens (tertiary/aromatic N) is 2. The van der Waals surface area contributed by atoms with Gasteiger partial charge in [0, 0.05) is 23.8 Å². The number of aryl methyl sites for hydroxylation is 1. The highest BCUT2D eigenvalue weighted by Crippen LogP contribution is 2.12. The molecule has 0 radical (unpaired) electrons. The fraction of sp³-hybridized carbons (Fsp3) is 0.286. The van der Waals surface area contributed by atoms with E-state index < -0.39 is 0 Å². The fourth-order valence-corrected chi connectivity index (χ4v) is 1.95. The zero-order valence-electron chi connectivity index (χ0n) is 10.9. The lowest BCUT2D eigenvalue weighted by Gasteiger charge is -2.12. The summed E-state index contributed by atoms with van der Waals surface area (Å²) in [4.78, 5) is 11.9. The quantitative estimate of drug-likeness (QED) is 0.933. The van der Waals surface area contributed by atoms with Crippen LogP contribution in [0.2, 0.25) is 5.02 Å². The summed E-state index contributed by atoms with van der Waals surface area (Å²) in [5, 5.41) is 7.71. The topological polar surface area (TPSA) is 46.9 Å². The van der Waals surface area contributed by atoms with Gasteiger partial charge in [-0.05, 0) is 24.6 Å². The molecule has 0 spiro atoms. The minimum Gasteiger partial charge on any atom is -0.349 e. The predicted octanol–water partition coefficient (Wildman–Crippen LogP) is 2.49.